The fraction of sp³-hybridized carbons (Fsp3) is 0.484. The van der Waals surface area contributed by atoms with E-state index in [4.69, 9.17) is 33.2 Å². The topological polar surface area (TPSA) is 175 Å². The zero-order chi connectivity index (χ0) is 33.1. The lowest BCUT2D eigenvalue weighted by atomic mass is 9.91. The fourth-order valence-electron chi connectivity index (χ4n) is 4.23. The largest absolute Gasteiger partial charge is 0.511 e. The van der Waals surface area contributed by atoms with Crippen LogP contribution in [0.5, 0.6) is 11.5 Å². The van der Waals surface area contributed by atoms with E-state index in [1.54, 1.807) is 52.0 Å². The molecule has 1 saturated heterocycles. The number of cyclic esters (lactones) is 2. The van der Waals surface area contributed by atoms with Crippen molar-refractivity contribution < 1.29 is 57.1 Å². The van der Waals surface area contributed by atoms with Crippen molar-refractivity contribution in [2.45, 2.75) is 65.4 Å². The van der Waals surface area contributed by atoms with Gasteiger partial charge in [-0.15, -0.1) is 0 Å². The van der Waals surface area contributed by atoms with Gasteiger partial charge in [0.1, 0.15) is 18.6 Å². The van der Waals surface area contributed by atoms with E-state index in [1.807, 2.05) is 6.07 Å². The lowest BCUT2D eigenvalue weighted by Gasteiger charge is -2.29. The van der Waals surface area contributed by atoms with Gasteiger partial charge < -0.3 is 38.5 Å². The minimum absolute atomic E-state index is 0.0756. The molecule has 0 unspecified atom stereocenters. The minimum Gasteiger partial charge on any atom is -0.493 e. The average Bonchev–Trinajstić information content (AvgIpc) is 3.03. The molecule has 0 saturated carbocycles. The second kappa shape index (κ2) is 16.3. The number of amides is 1. The smallest absolute Gasteiger partial charge is 0.493 e. The first-order chi connectivity index (χ1) is 21.4. The van der Waals surface area contributed by atoms with E-state index in [-0.39, 0.29) is 23.6 Å². The number of benzene rings is 1. The molecular formula is C31H38N2O12. The van der Waals surface area contributed by atoms with Crippen LogP contribution in [0.3, 0.4) is 0 Å². The highest BCUT2D eigenvalue weighted by atomic mass is 16.8. The molecule has 0 aliphatic carbocycles. The van der Waals surface area contributed by atoms with Crippen LogP contribution in [0.2, 0.25) is 0 Å². The van der Waals surface area contributed by atoms with E-state index in [9.17, 15) is 24.0 Å². The number of pyridine rings is 1. The third-order valence-electron chi connectivity index (χ3n) is 6.48. The Balaban J connectivity index is 1.83. The summed E-state index contributed by atoms with van der Waals surface area (Å²) in [6, 6.07) is 8.96. The van der Waals surface area contributed by atoms with Crippen molar-refractivity contribution in [2.24, 2.45) is 11.8 Å². The molecule has 244 valence electrons. The maximum absolute atomic E-state index is 13.4. The Morgan fingerprint density at radius 1 is 1.04 bits per heavy atom. The summed E-state index contributed by atoms with van der Waals surface area (Å²) >= 11 is 0. The third kappa shape index (κ3) is 9.81. The van der Waals surface area contributed by atoms with Crippen LogP contribution in [0.25, 0.3) is 0 Å². The highest BCUT2D eigenvalue weighted by Gasteiger charge is 2.42. The normalized spacial score (nSPS) is 20.1. The first-order valence-electron chi connectivity index (χ1n) is 14.3. The van der Waals surface area contributed by atoms with Gasteiger partial charge in [-0.2, -0.15) is 0 Å². The predicted molar refractivity (Wildman–Crippen MR) is 155 cm³/mol. The third-order valence-corrected chi connectivity index (χ3v) is 6.48. The molecule has 1 aromatic carbocycles. The van der Waals surface area contributed by atoms with Crippen LogP contribution in [0.15, 0.2) is 42.6 Å². The number of hydrogen-bond donors (Lipinski definition) is 1. The number of ether oxygens (including phenoxy) is 7. The molecule has 45 heavy (non-hydrogen) atoms. The van der Waals surface area contributed by atoms with Crippen molar-refractivity contribution >= 4 is 30.0 Å². The summed E-state index contributed by atoms with van der Waals surface area (Å²) in [7, 11) is 1.32. The quantitative estimate of drug-likeness (QED) is 0.218. The number of hydrogen-bond acceptors (Lipinski definition) is 13. The molecule has 1 aliphatic rings. The molecule has 1 amide bonds. The molecule has 1 N–H and O–H groups in total. The Hall–Kier alpha value is -4.88. The van der Waals surface area contributed by atoms with Gasteiger partial charge in [0, 0.05) is 12.3 Å². The van der Waals surface area contributed by atoms with E-state index in [0.717, 1.165) is 5.56 Å². The van der Waals surface area contributed by atoms with Gasteiger partial charge in [0.15, 0.2) is 29.3 Å². The monoisotopic (exact) mass is 630 g/mol. The van der Waals surface area contributed by atoms with Gasteiger partial charge in [0.25, 0.3) is 5.91 Å². The Morgan fingerprint density at radius 2 is 1.76 bits per heavy atom. The molecule has 0 bridgehead atoms. The first kappa shape index (κ1) is 34.6. The van der Waals surface area contributed by atoms with Crippen molar-refractivity contribution in [2.75, 3.05) is 20.5 Å². The van der Waals surface area contributed by atoms with Crippen molar-refractivity contribution in [3.05, 3.63) is 53.9 Å². The van der Waals surface area contributed by atoms with Crippen molar-refractivity contribution in [3.8, 4) is 11.5 Å². The molecule has 0 radical (unpaired) electrons. The summed E-state index contributed by atoms with van der Waals surface area (Å²) in [6.45, 7) is 6.81. The molecule has 14 heteroatoms. The van der Waals surface area contributed by atoms with Crippen LogP contribution in [0, 0.1) is 11.8 Å². The number of nitrogens with zero attached hydrogens (tertiary/aromatic N) is 1. The molecule has 1 aliphatic heterocycles. The first-order valence-corrected chi connectivity index (χ1v) is 14.3. The van der Waals surface area contributed by atoms with Crippen LogP contribution < -0.4 is 14.8 Å². The maximum atomic E-state index is 13.4. The molecule has 14 nitrogen and oxygen atoms in total. The van der Waals surface area contributed by atoms with E-state index in [2.05, 4.69) is 10.3 Å². The molecule has 4 atom stereocenters. The molecule has 3 rings (SSSR count). The zero-order valence-corrected chi connectivity index (χ0v) is 26.0. The number of carbonyl (C=O) groups excluding carboxylic acids is 5. The lowest BCUT2D eigenvalue weighted by Crippen LogP contribution is -2.47. The Kier molecular flexibility index (Phi) is 12.5. The SMILES string of the molecule is COc1ccnc(C(=O)N[C@H]2COC(=O)[C@H](Cc3ccccc3)[C@@H](OC(=O)C(C)C)[C@H](C)OC2=O)c1OCOC(=O)OC(C)C. The number of nitrogens with one attached hydrogen (secondary N) is 1. The van der Waals surface area contributed by atoms with Crippen molar-refractivity contribution in [1.29, 1.82) is 0 Å². The van der Waals surface area contributed by atoms with Gasteiger partial charge in [-0.3, -0.25) is 14.4 Å². The van der Waals surface area contributed by atoms with Crippen LogP contribution in [0.4, 0.5) is 4.79 Å². The minimum atomic E-state index is -1.47. The summed E-state index contributed by atoms with van der Waals surface area (Å²) in [6.07, 6.45) is -2.28. The van der Waals surface area contributed by atoms with Crippen molar-refractivity contribution in [3.63, 3.8) is 0 Å². The number of carbonyl (C=O) groups is 5. The van der Waals surface area contributed by atoms with Gasteiger partial charge in [0.05, 0.1) is 19.1 Å². The molecule has 0 spiro atoms. The molecule has 2 aromatic rings. The predicted octanol–water partition coefficient (Wildman–Crippen LogP) is 3.00. The van der Waals surface area contributed by atoms with Crippen LogP contribution in [0.1, 0.15) is 50.7 Å². The van der Waals surface area contributed by atoms with Crippen molar-refractivity contribution in [1.82, 2.24) is 10.3 Å². The maximum Gasteiger partial charge on any atom is 0.511 e. The van der Waals surface area contributed by atoms with Gasteiger partial charge >= 0.3 is 24.1 Å². The Labute approximate surface area is 260 Å². The number of esters is 3. The summed E-state index contributed by atoms with van der Waals surface area (Å²) in [5.74, 6) is -4.85. The molecule has 2 heterocycles. The molecule has 1 fully saturated rings. The number of methoxy groups -OCH3 is 1. The summed E-state index contributed by atoms with van der Waals surface area (Å²) in [5, 5.41) is 2.45. The lowest BCUT2D eigenvalue weighted by molar-refractivity contribution is -0.176. The van der Waals surface area contributed by atoms with E-state index in [0.29, 0.717) is 0 Å². The standard InChI is InChI=1S/C31H38N2O12/c1-17(2)28(35)45-25-19(5)44-30(37)22(15-40-29(36)21(25)14-20-10-8-7-9-11-20)33-27(34)24-26(23(39-6)12-13-32-24)41-16-42-31(38)43-18(3)4/h7-13,17-19,21-22,25H,14-16H2,1-6H3,(H,33,34)/t19-,21+,22-,25-/m0/s1. The number of aromatic nitrogens is 1. The summed E-state index contributed by atoms with van der Waals surface area (Å²) in [5.41, 5.74) is 0.443. The highest BCUT2D eigenvalue weighted by molar-refractivity contribution is 5.98. The zero-order valence-electron chi connectivity index (χ0n) is 26.0. The van der Waals surface area contributed by atoms with Gasteiger partial charge in [-0.25, -0.2) is 14.6 Å². The second-order valence-corrected chi connectivity index (χ2v) is 10.7. The van der Waals surface area contributed by atoms with E-state index < -0.39 is 79.6 Å². The Bertz CT molecular complexity index is 1350. The summed E-state index contributed by atoms with van der Waals surface area (Å²) < 4.78 is 37.2. The van der Waals surface area contributed by atoms with Crippen LogP contribution in [-0.2, 0) is 44.5 Å². The van der Waals surface area contributed by atoms with E-state index >= 15 is 0 Å². The van der Waals surface area contributed by atoms with E-state index in [1.165, 1.54) is 26.3 Å². The summed E-state index contributed by atoms with van der Waals surface area (Å²) in [4.78, 5) is 68.4. The van der Waals surface area contributed by atoms with Gasteiger partial charge in [-0.1, -0.05) is 44.2 Å². The second-order valence-electron chi connectivity index (χ2n) is 10.7. The average molecular weight is 631 g/mol. The Morgan fingerprint density at radius 3 is 2.40 bits per heavy atom. The fourth-order valence-corrected chi connectivity index (χ4v) is 4.23. The number of rotatable bonds is 11. The molecular weight excluding hydrogens is 592 g/mol. The van der Waals surface area contributed by atoms with Gasteiger partial charge in [0.2, 0.25) is 6.79 Å². The molecule has 1 aromatic heterocycles. The van der Waals surface area contributed by atoms with Crippen LogP contribution in [-0.4, -0.2) is 79.8 Å². The highest BCUT2D eigenvalue weighted by Crippen LogP contribution is 2.30. The van der Waals surface area contributed by atoms with Gasteiger partial charge in [-0.05, 0) is 32.8 Å². The van der Waals surface area contributed by atoms with Crippen LogP contribution >= 0.6 is 0 Å².